The average molecular weight is 249 g/mol. The summed E-state index contributed by atoms with van der Waals surface area (Å²) in [6.45, 7) is 4.57. The molecule has 0 saturated carbocycles. The van der Waals surface area contributed by atoms with Crippen LogP contribution >= 0.6 is 12.2 Å². The molecule has 4 nitrogen and oxygen atoms in total. The Morgan fingerprint density at radius 1 is 1.67 bits per heavy atom. The Labute approximate surface area is 95.6 Å². The van der Waals surface area contributed by atoms with Gasteiger partial charge in [0.1, 0.15) is 0 Å². The second kappa shape index (κ2) is 4.94. The van der Waals surface area contributed by atoms with E-state index in [9.17, 15) is 8.42 Å². The quantitative estimate of drug-likeness (QED) is 0.751. The standard InChI is InChI=1S/C9H15NO3S2/c1-7(2)5-13-9(14)10-8-3-4-15(11,12)6-8/h3-4,7-8H,5-6H2,1-2H3,(H,10,14)/t8-/m0/s1. The highest BCUT2D eigenvalue weighted by molar-refractivity contribution is 7.94. The molecule has 0 radical (unpaired) electrons. The highest BCUT2D eigenvalue weighted by Crippen LogP contribution is 2.08. The fourth-order valence-corrected chi connectivity index (χ4v) is 2.56. The third-order valence-corrected chi connectivity index (χ3v) is 3.41. The largest absolute Gasteiger partial charge is 0.471 e. The molecule has 15 heavy (non-hydrogen) atoms. The lowest BCUT2D eigenvalue weighted by Gasteiger charge is -2.14. The smallest absolute Gasteiger partial charge is 0.257 e. The molecule has 1 atom stereocenters. The minimum Gasteiger partial charge on any atom is -0.471 e. The van der Waals surface area contributed by atoms with Crippen LogP contribution in [0.5, 0.6) is 0 Å². The van der Waals surface area contributed by atoms with Crippen molar-refractivity contribution in [1.29, 1.82) is 0 Å². The molecule has 0 saturated heterocycles. The van der Waals surface area contributed by atoms with Crippen molar-refractivity contribution < 1.29 is 13.2 Å². The summed E-state index contributed by atoms with van der Waals surface area (Å²) in [6.07, 6.45) is 1.58. The van der Waals surface area contributed by atoms with Gasteiger partial charge in [0.15, 0.2) is 9.84 Å². The van der Waals surface area contributed by atoms with Crippen LogP contribution in [0.15, 0.2) is 11.5 Å². The number of hydrogen-bond acceptors (Lipinski definition) is 4. The monoisotopic (exact) mass is 249 g/mol. The Morgan fingerprint density at radius 2 is 2.33 bits per heavy atom. The van der Waals surface area contributed by atoms with Gasteiger partial charge in [0.25, 0.3) is 5.17 Å². The molecule has 86 valence electrons. The Bertz CT molecular complexity index is 360. The minimum absolute atomic E-state index is 0.0537. The molecule has 0 bridgehead atoms. The SMILES string of the molecule is CC(C)COC(=S)N[C@H]1C=CS(=O)(=O)C1. The van der Waals surface area contributed by atoms with Crippen LogP contribution in [0, 0.1) is 5.92 Å². The zero-order valence-corrected chi connectivity index (χ0v) is 10.4. The topological polar surface area (TPSA) is 55.4 Å². The average Bonchev–Trinajstić information content (AvgIpc) is 2.42. The van der Waals surface area contributed by atoms with Crippen LogP contribution in [0.25, 0.3) is 0 Å². The first kappa shape index (κ1) is 12.4. The van der Waals surface area contributed by atoms with Crippen molar-refractivity contribution in [2.45, 2.75) is 19.9 Å². The molecule has 1 N–H and O–H groups in total. The van der Waals surface area contributed by atoms with Crippen LogP contribution < -0.4 is 5.32 Å². The normalized spacial score (nSPS) is 23.0. The van der Waals surface area contributed by atoms with Gasteiger partial charge in [-0.05, 0) is 24.2 Å². The first-order chi connectivity index (χ1) is 6.89. The lowest BCUT2D eigenvalue weighted by atomic mass is 10.2. The molecular formula is C9H15NO3S2. The van der Waals surface area contributed by atoms with Crippen LogP contribution in [0.3, 0.4) is 0 Å². The number of sulfone groups is 1. The molecule has 0 aromatic heterocycles. The number of rotatable bonds is 3. The molecule has 1 heterocycles. The fourth-order valence-electron chi connectivity index (χ4n) is 1.10. The van der Waals surface area contributed by atoms with Crippen LogP contribution in [-0.2, 0) is 14.6 Å². The maximum Gasteiger partial charge on any atom is 0.257 e. The molecule has 1 rings (SSSR count). The van der Waals surface area contributed by atoms with Gasteiger partial charge in [0, 0.05) is 5.41 Å². The van der Waals surface area contributed by atoms with Crippen LogP contribution in [0.1, 0.15) is 13.8 Å². The molecule has 0 aromatic carbocycles. The molecule has 0 fully saturated rings. The minimum atomic E-state index is -3.03. The van der Waals surface area contributed by atoms with E-state index in [-0.39, 0.29) is 17.0 Å². The van der Waals surface area contributed by atoms with Gasteiger partial charge in [0.2, 0.25) is 0 Å². The number of hydrogen-bond donors (Lipinski definition) is 1. The summed E-state index contributed by atoms with van der Waals surface area (Å²) >= 11 is 4.92. The van der Waals surface area contributed by atoms with E-state index < -0.39 is 9.84 Å². The maximum atomic E-state index is 11.1. The van der Waals surface area contributed by atoms with Gasteiger partial charge in [-0.25, -0.2) is 8.42 Å². The van der Waals surface area contributed by atoms with Gasteiger partial charge in [-0.3, -0.25) is 0 Å². The zero-order valence-electron chi connectivity index (χ0n) is 8.76. The Kier molecular flexibility index (Phi) is 4.10. The van der Waals surface area contributed by atoms with Gasteiger partial charge in [-0.15, -0.1) is 0 Å². The Hall–Kier alpha value is -0.620. The van der Waals surface area contributed by atoms with Gasteiger partial charge in [-0.2, -0.15) is 0 Å². The summed E-state index contributed by atoms with van der Waals surface area (Å²) in [5, 5.41) is 4.30. The molecule has 6 heteroatoms. The third kappa shape index (κ3) is 4.61. The van der Waals surface area contributed by atoms with E-state index >= 15 is 0 Å². The predicted octanol–water partition coefficient (Wildman–Crippen LogP) is 0.844. The van der Waals surface area contributed by atoms with Crippen molar-refractivity contribution >= 4 is 27.2 Å². The van der Waals surface area contributed by atoms with Crippen molar-refractivity contribution in [2.24, 2.45) is 5.92 Å². The first-order valence-electron chi connectivity index (χ1n) is 4.73. The first-order valence-corrected chi connectivity index (χ1v) is 6.85. The van der Waals surface area contributed by atoms with E-state index in [1.807, 2.05) is 13.8 Å². The summed E-state index contributed by atoms with van der Waals surface area (Å²) in [4.78, 5) is 0. The van der Waals surface area contributed by atoms with Crippen molar-refractivity contribution in [3.8, 4) is 0 Å². The Morgan fingerprint density at radius 3 is 2.80 bits per heavy atom. The molecule has 1 aliphatic rings. The van der Waals surface area contributed by atoms with Gasteiger partial charge in [0.05, 0.1) is 18.4 Å². The maximum absolute atomic E-state index is 11.1. The number of ether oxygens (including phenoxy) is 1. The molecule has 0 unspecified atom stereocenters. The van der Waals surface area contributed by atoms with E-state index in [1.54, 1.807) is 6.08 Å². The summed E-state index contributed by atoms with van der Waals surface area (Å²) in [5.41, 5.74) is 0. The fraction of sp³-hybridized carbons (Fsp3) is 0.667. The van der Waals surface area contributed by atoms with Gasteiger partial charge < -0.3 is 10.1 Å². The van der Waals surface area contributed by atoms with Crippen molar-refractivity contribution in [3.63, 3.8) is 0 Å². The van der Waals surface area contributed by atoms with Crippen LogP contribution in [0.2, 0.25) is 0 Å². The van der Waals surface area contributed by atoms with E-state index in [0.717, 1.165) is 0 Å². The predicted molar refractivity (Wildman–Crippen MR) is 63.2 cm³/mol. The van der Waals surface area contributed by atoms with E-state index in [4.69, 9.17) is 17.0 Å². The second-order valence-electron chi connectivity index (χ2n) is 3.90. The van der Waals surface area contributed by atoms with E-state index in [0.29, 0.717) is 12.5 Å². The summed E-state index contributed by atoms with van der Waals surface area (Å²) in [5.74, 6) is 0.450. The third-order valence-electron chi connectivity index (χ3n) is 1.78. The summed E-state index contributed by atoms with van der Waals surface area (Å²) in [7, 11) is -3.03. The summed E-state index contributed by atoms with van der Waals surface area (Å²) in [6, 6.07) is -0.255. The number of nitrogens with one attached hydrogen (secondary N) is 1. The summed E-state index contributed by atoms with van der Waals surface area (Å²) < 4.78 is 27.4. The Balaban J connectivity index is 2.32. The lowest BCUT2D eigenvalue weighted by molar-refractivity contribution is 0.253. The van der Waals surface area contributed by atoms with Crippen molar-refractivity contribution in [1.82, 2.24) is 5.32 Å². The molecule has 1 aliphatic heterocycles. The van der Waals surface area contributed by atoms with Crippen molar-refractivity contribution in [2.75, 3.05) is 12.4 Å². The second-order valence-corrected chi connectivity index (χ2v) is 6.20. The molecule has 0 aromatic rings. The lowest BCUT2D eigenvalue weighted by Crippen LogP contribution is -2.36. The molecular weight excluding hydrogens is 234 g/mol. The highest BCUT2D eigenvalue weighted by Gasteiger charge is 2.22. The van der Waals surface area contributed by atoms with Crippen LogP contribution in [0.4, 0.5) is 0 Å². The van der Waals surface area contributed by atoms with Gasteiger partial charge in [-0.1, -0.05) is 13.8 Å². The molecule has 0 amide bonds. The highest BCUT2D eigenvalue weighted by atomic mass is 32.2. The zero-order chi connectivity index (χ0) is 11.5. The molecule has 0 aliphatic carbocycles. The van der Waals surface area contributed by atoms with Crippen molar-refractivity contribution in [3.05, 3.63) is 11.5 Å². The van der Waals surface area contributed by atoms with Crippen LogP contribution in [-0.4, -0.2) is 32.0 Å². The van der Waals surface area contributed by atoms with E-state index in [2.05, 4.69) is 5.32 Å². The number of thiocarbonyl (C=S) groups is 1. The van der Waals surface area contributed by atoms with Gasteiger partial charge >= 0.3 is 0 Å². The molecule has 0 spiro atoms. The van der Waals surface area contributed by atoms with E-state index in [1.165, 1.54) is 5.41 Å².